The monoisotopic (exact) mass is 416 g/mol. The fraction of sp³-hybridized carbons (Fsp3) is 0.652. The molecule has 2 aliphatic rings. The van der Waals surface area contributed by atoms with Crippen LogP contribution in [-0.2, 0) is 16.1 Å². The van der Waals surface area contributed by atoms with Gasteiger partial charge in [0.1, 0.15) is 5.75 Å². The average Bonchev–Trinajstić information content (AvgIpc) is 3.07. The third kappa shape index (κ3) is 6.44. The second-order valence-corrected chi connectivity index (χ2v) is 8.35. The largest absolute Gasteiger partial charge is 0.497 e. The third-order valence-corrected chi connectivity index (χ3v) is 6.28. The zero-order chi connectivity index (χ0) is 21.3. The number of carbonyl (C=O) groups is 2. The third-order valence-electron chi connectivity index (χ3n) is 6.28. The predicted octanol–water partition coefficient (Wildman–Crippen LogP) is 1.72. The van der Waals surface area contributed by atoms with Crippen LogP contribution in [0.2, 0.25) is 0 Å². The lowest BCUT2D eigenvalue weighted by atomic mass is 10.2. The van der Waals surface area contributed by atoms with Gasteiger partial charge in [-0.2, -0.15) is 0 Å². The van der Waals surface area contributed by atoms with Crippen molar-refractivity contribution in [3.8, 4) is 5.75 Å². The summed E-state index contributed by atoms with van der Waals surface area (Å²) >= 11 is 0. The zero-order valence-corrected chi connectivity index (χ0v) is 18.4. The quantitative estimate of drug-likeness (QED) is 0.733. The van der Waals surface area contributed by atoms with E-state index in [1.807, 2.05) is 36.1 Å². The van der Waals surface area contributed by atoms with Crippen LogP contribution in [0.15, 0.2) is 24.3 Å². The van der Waals surface area contributed by atoms with Gasteiger partial charge in [-0.1, -0.05) is 25.0 Å². The number of hydrogen-bond acceptors (Lipinski definition) is 5. The van der Waals surface area contributed by atoms with Crippen LogP contribution >= 0.6 is 0 Å². The molecule has 1 aromatic carbocycles. The molecule has 0 aromatic heterocycles. The number of piperazine rings is 1. The van der Waals surface area contributed by atoms with Crippen molar-refractivity contribution in [1.82, 2.24) is 20.0 Å². The van der Waals surface area contributed by atoms with Gasteiger partial charge < -0.3 is 15.0 Å². The number of ether oxygens (including phenoxy) is 1. The summed E-state index contributed by atoms with van der Waals surface area (Å²) in [6, 6.07) is 7.55. The number of likely N-dealkylation sites (tertiary alicyclic amines) is 1. The molecule has 2 fully saturated rings. The Morgan fingerprint density at radius 1 is 0.967 bits per heavy atom. The summed E-state index contributed by atoms with van der Waals surface area (Å²) in [5, 5.41) is 3.03. The van der Waals surface area contributed by atoms with Crippen molar-refractivity contribution in [1.29, 1.82) is 0 Å². The van der Waals surface area contributed by atoms with Crippen molar-refractivity contribution in [2.24, 2.45) is 0 Å². The maximum Gasteiger partial charge on any atom is 0.237 e. The summed E-state index contributed by atoms with van der Waals surface area (Å²) in [6.07, 6.45) is 4.73. The second kappa shape index (κ2) is 11.3. The highest BCUT2D eigenvalue weighted by Crippen LogP contribution is 2.13. The van der Waals surface area contributed by atoms with Gasteiger partial charge in [0.2, 0.25) is 11.8 Å². The van der Waals surface area contributed by atoms with Crippen LogP contribution in [0.3, 0.4) is 0 Å². The molecule has 2 heterocycles. The van der Waals surface area contributed by atoms with E-state index in [0.717, 1.165) is 63.4 Å². The summed E-state index contributed by atoms with van der Waals surface area (Å²) in [4.78, 5) is 31.7. The summed E-state index contributed by atoms with van der Waals surface area (Å²) in [6.45, 7) is 8.07. The van der Waals surface area contributed by atoms with E-state index in [2.05, 4.69) is 15.1 Å². The van der Waals surface area contributed by atoms with Gasteiger partial charge in [0.25, 0.3) is 0 Å². The van der Waals surface area contributed by atoms with Gasteiger partial charge in [0, 0.05) is 45.8 Å². The van der Waals surface area contributed by atoms with E-state index >= 15 is 0 Å². The molecule has 1 N–H and O–H groups in total. The van der Waals surface area contributed by atoms with Crippen molar-refractivity contribution in [3.05, 3.63) is 29.8 Å². The molecule has 7 nitrogen and oxygen atoms in total. The summed E-state index contributed by atoms with van der Waals surface area (Å²) in [5.41, 5.74) is 1.05. The van der Waals surface area contributed by atoms with Crippen molar-refractivity contribution < 1.29 is 14.3 Å². The zero-order valence-electron chi connectivity index (χ0n) is 18.4. The number of carbonyl (C=O) groups excluding carboxylic acids is 2. The van der Waals surface area contributed by atoms with Gasteiger partial charge in [0.05, 0.1) is 19.7 Å². The second-order valence-electron chi connectivity index (χ2n) is 8.35. The highest BCUT2D eigenvalue weighted by Gasteiger charge is 2.27. The van der Waals surface area contributed by atoms with E-state index in [4.69, 9.17) is 4.74 Å². The van der Waals surface area contributed by atoms with Gasteiger partial charge in [-0.15, -0.1) is 0 Å². The van der Waals surface area contributed by atoms with Gasteiger partial charge in [-0.25, -0.2) is 0 Å². The summed E-state index contributed by atoms with van der Waals surface area (Å²) < 4.78 is 5.16. The van der Waals surface area contributed by atoms with Crippen molar-refractivity contribution in [3.63, 3.8) is 0 Å². The van der Waals surface area contributed by atoms with Crippen LogP contribution in [-0.4, -0.2) is 85.5 Å². The van der Waals surface area contributed by atoms with E-state index < -0.39 is 0 Å². The van der Waals surface area contributed by atoms with E-state index in [1.165, 1.54) is 12.8 Å². The molecule has 0 aliphatic carbocycles. The molecule has 0 spiro atoms. The molecule has 0 bridgehead atoms. The van der Waals surface area contributed by atoms with Gasteiger partial charge in [-0.3, -0.25) is 19.4 Å². The number of amides is 2. The highest BCUT2D eigenvalue weighted by molar-refractivity contribution is 5.81. The smallest absolute Gasteiger partial charge is 0.237 e. The first kappa shape index (κ1) is 22.6. The number of benzene rings is 1. The van der Waals surface area contributed by atoms with Gasteiger partial charge in [0.15, 0.2) is 0 Å². The number of rotatable bonds is 7. The molecule has 30 heavy (non-hydrogen) atoms. The number of hydrogen-bond donors (Lipinski definition) is 1. The SMILES string of the molecule is COc1ccc(CNC(=O)[C@@H](C)N2CCN(CC(=O)N3CCCCCC3)CC2)cc1. The lowest BCUT2D eigenvalue weighted by Gasteiger charge is -2.37. The Bertz CT molecular complexity index is 678. The topological polar surface area (TPSA) is 65.1 Å². The number of nitrogens with one attached hydrogen (secondary N) is 1. The maximum absolute atomic E-state index is 12.6. The lowest BCUT2D eigenvalue weighted by molar-refractivity contribution is -0.133. The van der Waals surface area contributed by atoms with Crippen LogP contribution in [0.1, 0.15) is 38.2 Å². The van der Waals surface area contributed by atoms with E-state index in [-0.39, 0.29) is 17.9 Å². The maximum atomic E-state index is 12.6. The standard InChI is InChI=1S/C23H36N4O3/c1-19(23(29)24-17-20-7-9-21(30-2)10-8-20)26-15-13-25(14-16-26)18-22(28)27-11-5-3-4-6-12-27/h7-10,19H,3-6,11-18H2,1-2H3,(H,24,29)/t19-/m1/s1. The Balaban J connectivity index is 1.38. The predicted molar refractivity (Wildman–Crippen MR) is 117 cm³/mol. The van der Waals surface area contributed by atoms with Crippen LogP contribution in [0.4, 0.5) is 0 Å². The molecule has 2 amide bonds. The Kier molecular flexibility index (Phi) is 8.51. The molecule has 2 aliphatic heterocycles. The molecule has 166 valence electrons. The first-order valence-corrected chi connectivity index (χ1v) is 11.2. The normalized spacial score (nSPS) is 19.7. The van der Waals surface area contributed by atoms with Crippen molar-refractivity contribution in [2.45, 2.75) is 45.2 Å². The fourth-order valence-corrected chi connectivity index (χ4v) is 4.17. The Hall–Kier alpha value is -2.12. The number of nitrogens with zero attached hydrogens (tertiary/aromatic N) is 3. The molecule has 7 heteroatoms. The Morgan fingerprint density at radius 3 is 2.20 bits per heavy atom. The first-order chi connectivity index (χ1) is 14.6. The van der Waals surface area contributed by atoms with Crippen molar-refractivity contribution in [2.75, 3.05) is 52.9 Å². The van der Waals surface area contributed by atoms with E-state index in [9.17, 15) is 9.59 Å². The summed E-state index contributed by atoms with van der Waals surface area (Å²) in [7, 11) is 1.64. The molecular weight excluding hydrogens is 380 g/mol. The molecule has 0 saturated carbocycles. The minimum absolute atomic E-state index is 0.0416. The Labute approximate surface area is 180 Å². The molecule has 3 rings (SSSR count). The fourth-order valence-electron chi connectivity index (χ4n) is 4.17. The highest BCUT2D eigenvalue weighted by atomic mass is 16.5. The molecule has 0 radical (unpaired) electrons. The molecule has 0 unspecified atom stereocenters. The van der Waals surface area contributed by atoms with Crippen LogP contribution in [0.25, 0.3) is 0 Å². The first-order valence-electron chi connectivity index (χ1n) is 11.2. The van der Waals surface area contributed by atoms with E-state index in [0.29, 0.717) is 13.1 Å². The molecular formula is C23H36N4O3. The lowest BCUT2D eigenvalue weighted by Crippen LogP contribution is -2.55. The average molecular weight is 417 g/mol. The minimum Gasteiger partial charge on any atom is -0.497 e. The molecule has 1 aromatic rings. The molecule has 1 atom stereocenters. The van der Waals surface area contributed by atoms with Crippen LogP contribution in [0, 0.1) is 0 Å². The Morgan fingerprint density at radius 2 is 1.60 bits per heavy atom. The van der Waals surface area contributed by atoms with Crippen LogP contribution in [0.5, 0.6) is 5.75 Å². The molecule has 2 saturated heterocycles. The minimum atomic E-state index is -0.174. The van der Waals surface area contributed by atoms with Gasteiger partial charge >= 0.3 is 0 Å². The number of methoxy groups -OCH3 is 1. The van der Waals surface area contributed by atoms with Gasteiger partial charge in [-0.05, 0) is 37.5 Å². The van der Waals surface area contributed by atoms with Crippen molar-refractivity contribution >= 4 is 11.8 Å². The van der Waals surface area contributed by atoms with Crippen LogP contribution < -0.4 is 10.1 Å². The van der Waals surface area contributed by atoms with E-state index in [1.54, 1.807) is 7.11 Å². The summed E-state index contributed by atoms with van der Waals surface area (Å²) in [5.74, 6) is 1.11.